The van der Waals surface area contributed by atoms with E-state index in [0.29, 0.717) is 17.8 Å². The van der Waals surface area contributed by atoms with Crippen molar-refractivity contribution in [1.29, 1.82) is 0 Å². The lowest BCUT2D eigenvalue weighted by Crippen LogP contribution is -2.24. The van der Waals surface area contributed by atoms with Gasteiger partial charge in [0, 0.05) is 34.7 Å². The van der Waals surface area contributed by atoms with Crippen LogP contribution in [0.25, 0.3) is 0 Å². The first-order chi connectivity index (χ1) is 9.08. The van der Waals surface area contributed by atoms with Gasteiger partial charge in [-0.3, -0.25) is 9.78 Å². The van der Waals surface area contributed by atoms with Crippen molar-refractivity contribution in [2.75, 3.05) is 5.73 Å². The van der Waals surface area contributed by atoms with Gasteiger partial charge in [-0.1, -0.05) is 22.0 Å². The molecule has 1 aromatic carbocycles. The minimum atomic E-state index is -0.144. The van der Waals surface area contributed by atoms with E-state index in [0.717, 1.165) is 15.6 Å². The molecule has 98 valence electrons. The Morgan fingerprint density at radius 2 is 2.26 bits per heavy atom. The number of nitrogens with zero attached hydrogens (tertiary/aromatic N) is 1. The standard InChI is InChI=1S/C14H14BrN3O/c1-9-12(5-11(15)6-13(9)16)14(19)18-8-10-3-2-4-17-7-10/h2-7H,8,16H2,1H3,(H,18,19). The summed E-state index contributed by atoms with van der Waals surface area (Å²) < 4.78 is 0.794. The molecule has 2 rings (SSSR count). The molecule has 4 nitrogen and oxygen atoms in total. The molecule has 0 aliphatic rings. The summed E-state index contributed by atoms with van der Waals surface area (Å²) in [4.78, 5) is 16.1. The first kappa shape index (κ1) is 13.5. The number of halogens is 1. The first-order valence-electron chi connectivity index (χ1n) is 5.80. The quantitative estimate of drug-likeness (QED) is 0.855. The van der Waals surface area contributed by atoms with Gasteiger partial charge in [-0.05, 0) is 36.2 Å². The average Bonchev–Trinajstić information content (AvgIpc) is 2.41. The van der Waals surface area contributed by atoms with Crippen LogP contribution in [0.1, 0.15) is 21.5 Å². The van der Waals surface area contributed by atoms with E-state index in [-0.39, 0.29) is 5.91 Å². The topological polar surface area (TPSA) is 68.0 Å². The summed E-state index contributed by atoms with van der Waals surface area (Å²) in [5, 5.41) is 2.86. The van der Waals surface area contributed by atoms with E-state index < -0.39 is 0 Å². The molecule has 0 aliphatic carbocycles. The van der Waals surface area contributed by atoms with Crippen molar-refractivity contribution in [2.24, 2.45) is 0 Å². The number of carbonyl (C=O) groups excluding carboxylic acids is 1. The lowest BCUT2D eigenvalue weighted by Gasteiger charge is -2.10. The highest BCUT2D eigenvalue weighted by Gasteiger charge is 2.11. The number of amides is 1. The van der Waals surface area contributed by atoms with Crippen molar-refractivity contribution in [3.05, 3.63) is 57.8 Å². The Morgan fingerprint density at radius 1 is 1.47 bits per heavy atom. The molecule has 0 bridgehead atoms. The van der Waals surface area contributed by atoms with Gasteiger partial charge in [-0.25, -0.2) is 0 Å². The molecule has 2 aromatic rings. The normalized spacial score (nSPS) is 10.2. The summed E-state index contributed by atoms with van der Waals surface area (Å²) in [6, 6.07) is 7.30. The molecule has 0 spiro atoms. The van der Waals surface area contributed by atoms with Gasteiger partial charge in [0.1, 0.15) is 0 Å². The van der Waals surface area contributed by atoms with Gasteiger partial charge in [-0.2, -0.15) is 0 Å². The molecular weight excluding hydrogens is 306 g/mol. The maximum Gasteiger partial charge on any atom is 0.251 e. The molecule has 0 radical (unpaired) electrons. The van der Waals surface area contributed by atoms with Crippen molar-refractivity contribution < 1.29 is 4.79 Å². The Hall–Kier alpha value is -1.88. The number of pyridine rings is 1. The summed E-state index contributed by atoms with van der Waals surface area (Å²) in [6.07, 6.45) is 3.42. The predicted octanol–water partition coefficient (Wildman–Crippen LogP) is 2.66. The Balaban J connectivity index is 2.13. The number of anilines is 1. The van der Waals surface area contributed by atoms with Gasteiger partial charge in [0.25, 0.3) is 5.91 Å². The Labute approximate surface area is 120 Å². The van der Waals surface area contributed by atoms with Crippen LogP contribution >= 0.6 is 15.9 Å². The summed E-state index contributed by atoms with van der Waals surface area (Å²) in [7, 11) is 0. The number of hydrogen-bond donors (Lipinski definition) is 2. The minimum Gasteiger partial charge on any atom is -0.398 e. The van der Waals surface area contributed by atoms with Gasteiger partial charge < -0.3 is 11.1 Å². The number of nitrogens with one attached hydrogen (secondary N) is 1. The number of aromatic nitrogens is 1. The smallest absolute Gasteiger partial charge is 0.251 e. The molecule has 1 heterocycles. The van der Waals surface area contributed by atoms with E-state index in [1.165, 1.54) is 0 Å². The van der Waals surface area contributed by atoms with Crippen molar-refractivity contribution in [3.8, 4) is 0 Å². The lowest BCUT2D eigenvalue weighted by molar-refractivity contribution is 0.0950. The summed E-state index contributed by atoms with van der Waals surface area (Å²) in [5.41, 5.74) is 8.76. The second-order valence-electron chi connectivity index (χ2n) is 4.21. The van der Waals surface area contributed by atoms with E-state index in [1.807, 2.05) is 19.1 Å². The predicted molar refractivity (Wildman–Crippen MR) is 78.7 cm³/mol. The number of nitrogen functional groups attached to an aromatic ring is 1. The maximum atomic E-state index is 12.1. The molecule has 0 aliphatic heterocycles. The monoisotopic (exact) mass is 319 g/mol. The van der Waals surface area contributed by atoms with E-state index in [2.05, 4.69) is 26.2 Å². The second kappa shape index (κ2) is 5.84. The fraction of sp³-hybridized carbons (Fsp3) is 0.143. The van der Waals surface area contributed by atoms with Crippen LogP contribution in [0.2, 0.25) is 0 Å². The maximum absolute atomic E-state index is 12.1. The zero-order valence-electron chi connectivity index (χ0n) is 10.5. The third-order valence-corrected chi connectivity index (χ3v) is 3.29. The molecule has 1 amide bonds. The van der Waals surface area contributed by atoms with Gasteiger partial charge in [0.2, 0.25) is 0 Å². The van der Waals surface area contributed by atoms with E-state index in [1.54, 1.807) is 24.5 Å². The largest absolute Gasteiger partial charge is 0.398 e. The van der Waals surface area contributed by atoms with E-state index >= 15 is 0 Å². The summed E-state index contributed by atoms with van der Waals surface area (Å²) >= 11 is 3.34. The third-order valence-electron chi connectivity index (χ3n) is 2.83. The van der Waals surface area contributed by atoms with Crippen LogP contribution in [0.15, 0.2) is 41.1 Å². The van der Waals surface area contributed by atoms with Crippen LogP contribution in [-0.4, -0.2) is 10.9 Å². The van der Waals surface area contributed by atoms with Gasteiger partial charge in [0.05, 0.1) is 0 Å². The summed E-state index contributed by atoms with van der Waals surface area (Å²) in [5.74, 6) is -0.144. The van der Waals surface area contributed by atoms with Crippen molar-refractivity contribution in [3.63, 3.8) is 0 Å². The van der Waals surface area contributed by atoms with Crippen LogP contribution in [-0.2, 0) is 6.54 Å². The molecule has 0 unspecified atom stereocenters. The first-order valence-corrected chi connectivity index (χ1v) is 6.60. The van der Waals surface area contributed by atoms with Gasteiger partial charge in [-0.15, -0.1) is 0 Å². The van der Waals surface area contributed by atoms with Crippen LogP contribution in [0.4, 0.5) is 5.69 Å². The Kier molecular flexibility index (Phi) is 4.16. The molecule has 0 atom stereocenters. The van der Waals surface area contributed by atoms with E-state index in [9.17, 15) is 4.79 Å². The van der Waals surface area contributed by atoms with Gasteiger partial charge >= 0.3 is 0 Å². The number of rotatable bonds is 3. The number of benzene rings is 1. The average molecular weight is 320 g/mol. The fourth-order valence-electron chi connectivity index (χ4n) is 1.72. The third kappa shape index (κ3) is 3.32. The molecule has 3 N–H and O–H groups in total. The number of carbonyl (C=O) groups is 1. The molecule has 0 saturated heterocycles. The fourth-order valence-corrected chi connectivity index (χ4v) is 2.19. The highest BCUT2D eigenvalue weighted by Crippen LogP contribution is 2.22. The lowest BCUT2D eigenvalue weighted by atomic mass is 10.1. The van der Waals surface area contributed by atoms with Crippen LogP contribution in [0.5, 0.6) is 0 Å². The Morgan fingerprint density at radius 3 is 2.95 bits per heavy atom. The highest BCUT2D eigenvalue weighted by molar-refractivity contribution is 9.10. The Bertz CT molecular complexity index is 599. The van der Waals surface area contributed by atoms with Crippen LogP contribution in [0.3, 0.4) is 0 Å². The minimum absolute atomic E-state index is 0.144. The molecule has 1 aromatic heterocycles. The highest BCUT2D eigenvalue weighted by atomic mass is 79.9. The summed E-state index contributed by atoms with van der Waals surface area (Å²) in [6.45, 7) is 2.28. The van der Waals surface area contributed by atoms with Crippen molar-refractivity contribution in [2.45, 2.75) is 13.5 Å². The second-order valence-corrected chi connectivity index (χ2v) is 5.13. The molecule has 0 saturated carbocycles. The zero-order chi connectivity index (χ0) is 13.8. The van der Waals surface area contributed by atoms with Crippen molar-refractivity contribution >= 4 is 27.5 Å². The molecular formula is C14H14BrN3O. The van der Waals surface area contributed by atoms with Crippen LogP contribution in [0, 0.1) is 6.92 Å². The van der Waals surface area contributed by atoms with E-state index in [4.69, 9.17) is 5.73 Å². The molecule has 19 heavy (non-hydrogen) atoms. The molecule has 5 heteroatoms. The number of hydrogen-bond acceptors (Lipinski definition) is 3. The zero-order valence-corrected chi connectivity index (χ0v) is 12.1. The van der Waals surface area contributed by atoms with Crippen LogP contribution < -0.4 is 11.1 Å². The SMILES string of the molecule is Cc1c(N)cc(Br)cc1C(=O)NCc1cccnc1. The van der Waals surface area contributed by atoms with Crippen molar-refractivity contribution in [1.82, 2.24) is 10.3 Å². The van der Waals surface area contributed by atoms with Gasteiger partial charge in [0.15, 0.2) is 0 Å². The number of nitrogens with two attached hydrogens (primary N) is 1. The molecule has 0 fully saturated rings.